The van der Waals surface area contributed by atoms with Gasteiger partial charge in [-0.25, -0.2) is 0 Å². The summed E-state index contributed by atoms with van der Waals surface area (Å²) in [6, 6.07) is 25.7. The predicted octanol–water partition coefficient (Wildman–Crippen LogP) is 6.60. The fourth-order valence-corrected chi connectivity index (χ4v) is 7.82. The highest BCUT2D eigenvalue weighted by Crippen LogP contribution is 2.63. The van der Waals surface area contributed by atoms with Gasteiger partial charge in [-0.1, -0.05) is 48.0 Å². The van der Waals surface area contributed by atoms with E-state index in [0.29, 0.717) is 17.9 Å². The number of anilines is 2. The zero-order valence-corrected chi connectivity index (χ0v) is 21.2. The van der Waals surface area contributed by atoms with E-state index in [1.54, 1.807) is 0 Å². The first-order valence-corrected chi connectivity index (χ1v) is 13.8. The van der Waals surface area contributed by atoms with Crippen LogP contribution in [-0.2, 0) is 0 Å². The molecule has 2 heterocycles. The van der Waals surface area contributed by atoms with Crippen LogP contribution < -0.4 is 10.2 Å². The van der Waals surface area contributed by atoms with E-state index in [1.165, 1.54) is 36.1 Å². The van der Waals surface area contributed by atoms with Gasteiger partial charge in [-0.05, 0) is 90.5 Å². The SMILES string of the molecule is O=C(c1ccc2c(c1)[C@@H]1[C@H]3CC[C@@H](C3)[C@@H]1[C@@H](c1ccccc1)N2)N1CCN(c2cccc(Cl)c2)CC1. The molecule has 3 fully saturated rings. The summed E-state index contributed by atoms with van der Waals surface area (Å²) in [5, 5.41) is 4.65. The first-order valence-electron chi connectivity index (χ1n) is 13.4. The fourth-order valence-electron chi connectivity index (χ4n) is 7.63. The number of piperazine rings is 1. The lowest BCUT2D eigenvalue weighted by atomic mass is 9.68. The van der Waals surface area contributed by atoms with Gasteiger partial charge < -0.3 is 15.1 Å². The summed E-state index contributed by atoms with van der Waals surface area (Å²) in [5.74, 6) is 2.86. The maximum atomic E-state index is 13.6. The average Bonchev–Trinajstić information content (AvgIpc) is 3.56. The molecule has 184 valence electrons. The highest BCUT2D eigenvalue weighted by atomic mass is 35.5. The first-order chi connectivity index (χ1) is 17.7. The minimum absolute atomic E-state index is 0.161. The van der Waals surface area contributed by atoms with E-state index in [0.717, 1.165) is 54.3 Å². The Balaban J connectivity index is 1.13. The van der Waals surface area contributed by atoms with Crippen LogP contribution in [0.1, 0.15) is 52.7 Å². The van der Waals surface area contributed by atoms with E-state index in [4.69, 9.17) is 11.6 Å². The van der Waals surface area contributed by atoms with Gasteiger partial charge in [-0.3, -0.25) is 4.79 Å². The molecule has 5 heteroatoms. The molecule has 2 bridgehead atoms. The number of rotatable bonds is 3. The number of amides is 1. The summed E-state index contributed by atoms with van der Waals surface area (Å²) >= 11 is 6.19. The number of hydrogen-bond donors (Lipinski definition) is 1. The second-order valence-corrected chi connectivity index (χ2v) is 11.5. The molecule has 0 aromatic heterocycles. The standard InChI is InChI=1S/C31H32ClN3O/c32-24-7-4-8-25(19-24)34-13-15-35(16-14-34)31(36)23-11-12-27-26(18-23)28-21-9-10-22(17-21)29(28)30(33-27)20-5-2-1-3-6-20/h1-8,11-12,18-19,21-22,28-30,33H,9-10,13-17H2/t21-,22-,28-,29-,30+/m0/s1. The quantitative estimate of drug-likeness (QED) is 0.443. The van der Waals surface area contributed by atoms with Crippen LogP contribution in [0.3, 0.4) is 0 Å². The minimum Gasteiger partial charge on any atom is -0.378 e. The Morgan fingerprint density at radius 3 is 2.47 bits per heavy atom. The Labute approximate surface area is 218 Å². The van der Waals surface area contributed by atoms with Crippen LogP contribution in [0.25, 0.3) is 0 Å². The third kappa shape index (κ3) is 3.69. The van der Waals surface area contributed by atoms with Crippen molar-refractivity contribution in [2.45, 2.75) is 31.2 Å². The van der Waals surface area contributed by atoms with Gasteiger partial charge in [0.15, 0.2) is 0 Å². The molecular formula is C31H32ClN3O. The summed E-state index contributed by atoms with van der Waals surface area (Å²) in [5.41, 5.74) is 5.96. The van der Waals surface area contributed by atoms with Crippen molar-refractivity contribution in [3.63, 3.8) is 0 Å². The van der Waals surface area contributed by atoms with Crippen molar-refractivity contribution in [2.75, 3.05) is 36.4 Å². The van der Waals surface area contributed by atoms with Crippen molar-refractivity contribution >= 4 is 28.9 Å². The summed E-state index contributed by atoms with van der Waals surface area (Å²) in [6.45, 7) is 3.11. The molecule has 4 aliphatic rings. The molecule has 3 aromatic rings. The molecule has 0 spiro atoms. The van der Waals surface area contributed by atoms with E-state index in [-0.39, 0.29) is 5.91 Å². The third-order valence-electron chi connectivity index (χ3n) is 9.23. The van der Waals surface area contributed by atoms with Gasteiger partial charge in [0.05, 0.1) is 6.04 Å². The smallest absolute Gasteiger partial charge is 0.253 e. The molecule has 2 saturated carbocycles. The molecule has 2 aliphatic heterocycles. The third-order valence-corrected chi connectivity index (χ3v) is 9.47. The Bertz CT molecular complexity index is 1290. The van der Waals surface area contributed by atoms with Crippen molar-refractivity contribution in [1.82, 2.24) is 4.90 Å². The minimum atomic E-state index is 0.161. The number of carbonyl (C=O) groups is 1. The number of hydrogen-bond acceptors (Lipinski definition) is 3. The van der Waals surface area contributed by atoms with Crippen LogP contribution in [-0.4, -0.2) is 37.0 Å². The van der Waals surface area contributed by atoms with E-state index in [9.17, 15) is 4.79 Å². The van der Waals surface area contributed by atoms with Crippen molar-refractivity contribution in [2.24, 2.45) is 17.8 Å². The summed E-state index contributed by atoms with van der Waals surface area (Å²) in [7, 11) is 0. The molecule has 4 nitrogen and oxygen atoms in total. The Kier molecular flexibility index (Phi) is 5.46. The van der Waals surface area contributed by atoms with Crippen LogP contribution >= 0.6 is 11.6 Å². The molecule has 7 rings (SSSR count). The van der Waals surface area contributed by atoms with Crippen LogP contribution in [0.15, 0.2) is 72.8 Å². The van der Waals surface area contributed by atoms with Crippen molar-refractivity contribution in [3.8, 4) is 0 Å². The first kappa shape index (κ1) is 22.2. The highest BCUT2D eigenvalue weighted by molar-refractivity contribution is 6.30. The topological polar surface area (TPSA) is 35.6 Å². The lowest BCUT2D eigenvalue weighted by Crippen LogP contribution is -2.48. The van der Waals surface area contributed by atoms with Crippen molar-refractivity contribution in [3.05, 3.63) is 94.5 Å². The second kappa shape index (κ2) is 8.85. The zero-order chi connectivity index (χ0) is 24.2. The monoisotopic (exact) mass is 497 g/mol. The number of fused-ring (bicyclic) bond motifs is 7. The van der Waals surface area contributed by atoms with Gasteiger partial charge in [0, 0.05) is 48.1 Å². The maximum absolute atomic E-state index is 13.6. The van der Waals surface area contributed by atoms with Crippen LogP contribution in [0.5, 0.6) is 0 Å². The Morgan fingerprint density at radius 2 is 1.67 bits per heavy atom. The van der Waals surface area contributed by atoms with Gasteiger partial charge >= 0.3 is 0 Å². The van der Waals surface area contributed by atoms with Gasteiger partial charge in [0.2, 0.25) is 0 Å². The van der Waals surface area contributed by atoms with Crippen LogP contribution in [0.4, 0.5) is 11.4 Å². The van der Waals surface area contributed by atoms with Gasteiger partial charge in [0.25, 0.3) is 5.91 Å². The number of halogens is 1. The molecule has 5 atom stereocenters. The molecule has 0 radical (unpaired) electrons. The number of benzene rings is 3. The normalized spacial score (nSPS) is 28.4. The molecular weight excluding hydrogens is 466 g/mol. The molecule has 1 N–H and O–H groups in total. The van der Waals surface area contributed by atoms with Crippen LogP contribution in [0, 0.1) is 17.8 Å². The van der Waals surface area contributed by atoms with E-state index >= 15 is 0 Å². The van der Waals surface area contributed by atoms with Gasteiger partial charge in [-0.15, -0.1) is 0 Å². The fraction of sp³-hybridized carbons (Fsp3) is 0.387. The molecule has 0 unspecified atom stereocenters. The van der Waals surface area contributed by atoms with E-state index in [1.807, 2.05) is 29.2 Å². The van der Waals surface area contributed by atoms with Crippen LogP contribution in [0.2, 0.25) is 5.02 Å². The van der Waals surface area contributed by atoms with E-state index in [2.05, 4.69) is 58.7 Å². The lowest BCUT2D eigenvalue weighted by Gasteiger charge is -2.44. The molecule has 3 aromatic carbocycles. The van der Waals surface area contributed by atoms with Gasteiger partial charge in [0.1, 0.15) is 0 Å². The lowest BCUT2D eigenvalue weighted by molar-refractivity contribution is 0.0746. The van der Waals surface area contributed by atoms with Gasteiger partial charge in [-0.2, -0.15) is 0 Å². The number of nitrogens with zero attached hydrogens (tertiary/aromatic N) is 2. The predicted molar refractivity (Wildman–Crippen MR) is 146 cm³/mol. The summed E-state index contributed by atoms with van der Waals surface area (Å²) in [4.78, 5) is 17.9. The highest BCUT2D eigenvalue weighted by Gasteiger charge is 2.53. The van der Waals surface area contributed by atoms with Crippen molar-refractivity contribution in [1.29, 1.82) is 0 Å². The summed E-state index contributed by atoms with van der Waals surface area (Å²) in [6.07, 6.45) is 4.02. The largest absolute Gasteiger partial charge is 0.378 e. The number of nitrogens with one attached hydrogen (secondary N) is 1. The Morgan fingerprint density at radius 1 is 0.861 bits per heavy atom. The maximum Gasteiger partial charge on any atom is 0.253 e. The molecule has 1 saturated heterocycles. The number of carbonyl (C=O) groups excluding carboxylic acids is 1. The second-order valence-electron chi connectivity index (χ2n) is 11.0. The molecule has 36 heavy (non-hydrogen) atoms. The molecule has 1 amide bonds. The molecule has 2 aliphatic carbocycles. The Hall–Kier alpha value is -2.98. The van der Waals surface area contributed by atoms with Crippen molar-refractivity contribution < 1.29 is 4.79 Å². The zero-order valence-electron chi connectivity index (χ0n) is 20.4. The summed E-state index contributed by atoms with van der Waals surface area (Å²) < 4.78 is 0. The average molecular weight is 498 g/mol. The van der Waals surface area contributed by atoms with E-state index < -0.39 is 0 Å².